The molecule has 0 aromatic carbocycles. The number of carbonyl (C=O) groups excluding carboxylic acids is 2. The Balaban J connectivity index is 2.70. The topological polar surface area (TPSA) is 75.4 Å². The van der Waals surface area contributed by atoms with Gasteiger partial charge in [-0.1, -0.05) is 13.8 Å². The van der Waals surface area contributed by atoms with Crippen molar-refractivity contribution in [1.82, 2.24) is 10.2 Å². The zero-order chi connectivity index (χ0) is 11.6. The lowest BCUT2D eigenvalue weighted by Crippen LogP contribution is -2.59. The Kier molecular flexibility index (Phi) is 3.68. The summed E-state index contributed by atoms with van der Waals surface area (Å²) in [6.07, 6.45) is 0. The van der Waals surface area contributed by atoms with Crippen molar-refractivity contribution in [1.29, 1.82) is 0 Å². The van der Waals surface area contributed by atoms with Gasteiger partial charge in [0.1, 0.15) is 6.04 Å². The first-order valence-electron chi connectivity index (χ1n) is 5.29. The molecule has 15 heavy (non-hydrogen) atoms. The summed E-state index contributed by atoms with van der Waals surface area (Å²) in [5, 5.41) is 2.71. The van der Waals surface area contributed by atoms with Crippen LogP contribution in [0.1, 0.15) is 20.8 Å². The molecule has 0 spiro atoms. The van der Waals surface area contributed by atoms with Crippen LogP contribution in [0.2, 0.25) is 0 Å². The van der Waals surface area contributed by atoms with Crippen LogP contribution in [-0.4, -0.2) is 41.9 Å². The Bertz CT molecular complexity index is 265. The summed E-state index contributed by atoms with van der Waals surface area (Å²) in [6.45, 7) is 6.58. The maximum Gasteiger partial charge on any atom is 0.242 e. The van der Waals surface area contributed by atoms with E-state index in [0.29, 0.717) is 13.1 Å². The molecule has 1 heterocycles. The summed E-state index contributed by atoms with van der Waals surface area (Å²) in [5.74, 6) is -0.146. The predicted octanol–water partition coefficient (Wildman–Crippen LogP) is -0.683. The monoisotopic (exact) mass is 213 g/mol. The molecule has 0 saturated carbocycles. The molecular formula is C10H19N3O2. The van der Waals surface area contributed by atoms with E-state index in [9.17, 15) is 9.59 Å². The fourth-order valence-electron chi connectivity index (χ4n) is 1.56. The van der Waals surface area contributed by atoms with Crippen LogP contribution >= 0.6 is 0 Å². The van der Waals surface area contributed by atoms with E-state index in [2.05, 4.69) is 5.32 Å². The molecule has 5 heteroatoms. The van der Waals surface area contributed by atoms with Gasteiger partial charge in [-0.05, 0) is 12.8 Å². The summed E-state index contributed by atoms with van der Waals surface area (Å²) < 4.78 is 0. The second kappa shape index (κ2) is 4.61. The van der Waals surface area contributed by atoms with Crippen molar-refractivity contribution in [2.24, 2.45) is 11.7 Å². The molecule has 1 aliphatic heterocycles. The maximum absolute atomic E-state index is 11.9. The number of carbonyl (C=O) groups is 2. The first-order valence-corrected chi connectivity index (χ1v) is 5.29. The van der Waals surface area contributed by atoms with E-state index in [1.54, 1.807) is 11.8 Å². The summed E-state index contributed by atoms with van der Waals surface area (Å²) in [6, 6.07) is -0.922. The Morgan fingerprint density at radius 2 is 2.20 bits per heavy atom. The molecule has 1 saturated heterocycles. The Morgan fingerprint density at radius 1 is 1.60 bits per heavy atom. The largest absolute Gasteiger partial charge is 0.353 e. The molecule has 0 bridgehead atoms. The maximum atomic E-state index is 11.9. The van der Waals surface area contributed by atoms with Gasteiger partial charge in [-0.15, -0.1) is 0 Å². The number of nitrogens with one attached hydrogen (secondary N) is 1. The molecule has 2 atom stereocenters. The van der Waals surface area contributed by atoms with Crippen LogP contribution in [0.4, 0.5) is 0 Å². The molecule has 0 radical (unpaired) electrons. The highest BCUT2D eigenvalue weighted by Gasteiger charge is 2.32. The molecule has 1 fully saturated rings. The van der Waals surface area contributed by atoms with Crippen molar-refractivity contribution in [3.8, 4) is 0 Å². The van der Waals surface area contributed by atoms with Crippen LogP contribution in [0, 0.1) is 5.92 Å². The number of rotatable bonds is 2. The number of amides is 2. The predicted molar refractivity (Wildman–Crippen MR) is 57.0 cm³/mol. The molecule has 1 rings (SSSR count). The summed E-state index contributed by atoms with van der Waals surface area (Å²) >= 11 is 0. The molecule has 0 aromatic rings. The van der Waals surface area contributed by atoms with Crippen molar-refractivity contribution >= 4 is 11.8 Å². The van der Waals surface area contributed by atoms with Crippen LogP contribution in [-0.2, 0) is 9.59 Å². The second-order valence-corrected chi connectivity index (χ2v) is 4.27. The van der Waals surface area contributed by atoms with Crippen molar-refractivity contribution in [3.63, 3.8) is 0 Å². The van der Waals surface area contributed by atoms with Gasteiger partial charge in [0.2, 0.25) is 11.8 Å². The van der Waals surface area contributed by atoms with Crippen LogP contribution in [0.15, 0.2) is 0 Å². The SMILES string of the molecule is CC(C)[C@H](N)C(=O)N1CCNC(=O)C1C. The summed E-state index contributed by atoms with van der Waals surface area (Å²) in [7, 11) is 0. The molecule has 1 aliphatic rings. The minimum absolute atomic E-state index is 0.0923. The number of nitrogens with two attached hydrogens (primary N) is 1. The average molecular weight is 213 g/mol. The van der Waals surface area contributed by atoms with E-state index in [1.165, 1.54) is 0 Å². The van der Waals surface area contributed by atoms with E-state index in [0.717, 1.165) is 0 Å². The summed E-state index contributed by atoms with van der Waals surface area (Å²) in [4.78, 5) is 24.8. The second-order valence-electron chi connectivity index (χ2n) is 4.27. The minimum atomic E-state index is -0.515. The molecular weight excluding hydrogens is 194 g/mol. The van der Waals surface area contributed by atoms with Crippen LogP contribution < -0.4 is 11.1 Å². The van der Waals surface area contributed by atoms with Gasteiger partial charge in [-0.25, -0.2) is 0 Å². The number of nitrogens with zero attached hydrogens (tertiary/aromatic N) is 1. The van der Waals surface area contributed by atoms with Crippen molar-refractivity contribution < 1.29 is 9.59 Å². The van der Waals surface area contributed by atoms with Crippen LogP contribution in [0.3, 0.4) is 0 Å². The first-order chi connectivity index (χ1) is 6.95. The quantitative estimate of drug-likeness (QED) is 0.638. The van der Waals surface area contributed by atoms with E-state index in [4.69, 9.17) is 5.73 Å². The zero-order valence-corrected chi connectivity index (χ0v) is 9.49. The molecule has 0 aliphatic carbocycles. The lowest BCUT2D eigenvalue weighted by molar-refractivity contribution is -0.144. The molecule has 5 nitrogen and oxygen atoms in total. The lowest BCUT2D eigenvalue weighted by Gasteiger charge is -2.35. The van der Waals surface area contributed by atoms with Crippen molar-refractivity contribution in [2.75, 3.05) is 13.1 Å². The Morgan fingerprint density at radius 3 is 2.73 bits per heavy atom. The number of hydrogen-bond acceptors (Lipinski definition) is 3. The average Bonchev–Trinajstić information content (AvgIpc) is 2.20. The van der Waals surface area contributed by atoms with Crippen molar-refractivity contribution in [3.05, 3.63) is 0 Å². The highest BCUT2D eigenvalue weighted by atomic mass is 16.2. The van der Waals surface area contributed by atoms with Crippen LogP contribution in [0.5, 0.6) is 0 Å². The third-order valence-corrected chi connectivity index (χ3v) is 2.79. The standard InChI is InChI=1S/C10H19N3O2/c1-6(2)8(11)10(15)13-5-4-12-9(14)7(13)3/h6-8H,4-5,11H2,1-3H3,(H,12,14)/t7?,8-/m0/s1. The fourth-order valence-corrected chi connectivity index (χ4v) is 1.56. The van der Waals surface area contributed by atoms with E-state index < -0.39 is 12.1 Å². The van der Waals surface area contributed by atoms with Gasteiger partial charge in [-0.2, -0.15) is 0 Å². The molecule has 3 N–H and O–H groups in total. The van der Waals surface area contributed by atoms with Gasteiger partial charge < -0.3 is 16.0 Å². The zero-order valence-electron chi connectivity index (χ0n) is 9.49. The van der Waals surface area contributed by atoms with Gasteiger partial charge in [0.05, 0.1) is 6.04 Å². The third kappa shape index (κ3) is 2.47. The van der Waals surface area contributed by atoms with Gasteiger partial charge >= 0.3 is 0 Å². The molecule has 2 amide bonds. The summed E-state index contributed by atoms with van der Waals surface area (Å²) in [5.41, 5.74) is 5.78. The fraction of sp³-hybridized carbons (Fsp3) is 0.800. The molecule has 1 unspecified atom stereocenters. The van der Waals surface area contributed by atoms with E-state index in [1.807, 2.05) is 13.8 Å². The number of piperazine rings is 1. The third-order valence-electron chi connectivity index (χ3n) is 2.79. The number of hydrogen-bond donors (Lipinski definition) is 2. The Labute approximate surface area is 90.0 Å². The van der Waals surface area contributed by atoms with Gasteiger partial charge in [0.15, 0.2) is 0 Å². The molecule has 86 valence electrons. The van der Waals surface area contributed by atoms with E-state index in [-0.39, 0.29) is 17.7 Å². The minimum Gasteiger partial charge on any atom is -0.353 e. The van der Waals surface area contributed by atoms with Crippen LogP contribution in [0.25, 0.3) is 0 Å². The van der Waals surface area contributed by atoms with Gasteiger partial charge in [-0.3, -0.25) is 9.59 Å². The normalized spacial score (nSPS) is 23.9. The molecule has 0 aromatic heterocycles. The van der Waals surface area contributed by atoms with E-state index >= 15 is 0 Å². The first kappa shape index (κ1) is 12.0. The van der Waals surface area contributed by atoms with Gasteiger partial charge in [0, 0.05) is 13.1 Å². The lowest BCUT2D eigenvalue weighted by atomic mass is 10.0. The smallest absolute Gasteiger partial charge is 0.242 e. The Hall–Kier alpha value is -1.10. The van der Waals surface area contributed by atoms with Crippen molar-refractivity contribution in [2.45, 2.75) is 32.9 Å². The van der Waals surface area contributed by atoms with Gasteiger partial charge in [0.25, 0.3) is 0 Å². The highest BCUT2D eigenvalue weighted by molar-refractivity contribution is 5.90. The highest BCUT2D eigenvalue weighted by Crippen LogP contribution is 2.09.